The SMILES string of the molecule is CN=C(NCCNC(=O)Cc1cccc(F)c1)N(C)Cc1ccccc1.I. The summed E-state index contributed by atoms with van der Waals surface area (Å²) in [7, 11) is 3.69. The molecule has 146 valence electrons. The molecule has 2 aromatic carbocycles. The van der Waals surface area contributed by atoms with Gasteiger partial charge in [0.2, 0.25) is 5.91 Å². The molecule has 0 aliphatic carbocycles. The van der Waals surface area contributed by atoms with Crippen LogP contribution in [-0.4, -0.2) is 44.0 Å². The van der Waals surface area contributed by atoms with Gasteiger partial charge in [0.1, 0.15) is 5.82 Å². The van der Waals surface area contributed by atoms with Gasteiger partial charge < -0.3 is 15.5 Å². The van der Waals surface area contributed by atoms with Crippen molar-refractivity contribution in [1.29, 1.82) is 0 Å². The van der Waals surface area contributed by atoms with Crippen LogP contribution in [0.25, 0.3) is 0 Å². The first-order valence-electron chi connectivity index (χ1n) is 8.55. The Morgan fingerprint density at radius 2 is 1.70 bits per heavy atom. The minimum absolute atomic E-state index is 0. The second kappa shape index (κ2) is 12.3. The summed E-state index contributed by atoms with van der Waals surface area (Å²) >= 11 is 0. The monoisotopic (exact) mass is 484 g/mol. The van der Waals surface area contributed by atoms with Crippen LogP contribution in [0.1, 0.15) is 11.1 Å². The van der Waals surface area contributed by atoms with Gasteiger partial charge in [0.25, 0.3) is 0 Å². The zero-order valence-electron chi connectivity index (χ0n) is 15.6. The standard InChI is InChI=1S/C20H25FN4O.HI/c1-22-20(25(2)15-16-7-4-3-5-8-16)24-12-11-23-19(26)14-17-9-6-10-18(21)13-17;/h3-10,13H,11-12,14-15H2,1-2H3,(H,22,24)(H,23,26);1H. The molecule has 0 fully saturated rings. The maximum atomic E-state index is 13.1. The number of carbonyl (C=O) groups excluding carboxylic acids is 1. The van der Waals surface area contributed by atoms with E-state index in [9.17, 15) is 9.18 Å². The van der Waals surface area contributed by atoms with Crippen LogP contribution in [0.3, 0.4) is 0 Å². The summed E-state index contributed by atoms with van der Waals surface area (Å²) in [6.07, 6.45) is 0.167. The molecule has 27 heavy (non-hydrogen) atoms. The fraction of sp³-hybridized carbons (Fsp3) is 0.300. The molecular weight excluding hydrogens is 458 g/mol. The zero-order chi connectivity index (χ0) is 18.8. The van der Waals surface area contributed by atoms with E-state index in [1.165, 1.54) is 17.7 Å². The number of carbonyl (C=O) groups is 1. The Kier molecular flexibility index (Phi) is 10.4. The first-order chi connectivity index (χ1) is 12.6. The van der Waals surface area contributed by atoms with Crippen LogP contribution in [0.5, 0.6) is 0 Å². The molecule has 0 saturated carbocycles. The van der Waals surface area contributed by atoms with Crippen LogP contribution in [0, 0.1) is 5.82 Å². The van der Waals surface area contributed by atoms with Crippen LogP contribution in [-0.2, 0) is 17.8 Å². The Labute approximate surface area is 177 Å². The van der Waals surface area contributed by atoms with E-state index in [1.54, 1.807) is 19.2 Å². The Hall–Kier alpha value is -2.16. The predicted octanol–water partition coefficient (Wildman–Crippen LogP) is 2.81. The lowest BCUT2D eigenvalue weighted by Gasteiger charge is -2.22. The molecule has 0 aliphatic rings. The van der Waals surface area contributed by atoms with Crippen LogP contribution < -0.4 is 10.6 Å². The highest BCUT2D eigenvalue weighted by atomic mass is 127. The Morgan fingerprint density at radius 1 is 1.04 bits per heavy atom. The highest BCUT2D eigenvalue weighted by Crippen LogP contribution is 2.04. The number of hydrogen-bond acceptors (Lipinski definition) is 2. The number of nitrogens with zero attached hydrogens (tertiary/aromatic N) is 2. The van der Waals surface area contributed by atoms with Crippen LogP contribution in [0.2, 0.25) is 0 Å². The minimum Gasteiger partial charge on any atom is -0.354 e. The highest BCUT2D eigenvalue weighted by Gasteiger charge is 2.07. The fourth-order valence-corrected chi connectivity index (χ4v) is 2.59. The molecule has 0 bridgehead atoms. The molecule has 0 saturated heterocycles. The molecule has 7 heteroatoms. The normalized spacial score (nSPS) is 10.7. The summed E-state index contributed by atoms with van der Waals surface area (Å²) < 4.78 is 13.1. The summed E-state index contributed by atoms with van der Waals surface area (Å²) in [4.78, 5) is 18.2. The molecule has 2 aromatic rings. The lowest BCUT2D eigenvalue weighted by Crippen LogP contribution is -2.42. The van der Waals surface area contributed by atoms with E-state index in [0.29, 0.717) is 18.7 Å². The summed E-state index contributed by atoms with van der Waals surface area (Å²) in [5, 5.41) is 6.04. The Bertz CT molecular complexity index is 740. The first-order valence-corrected chi connectivity index (χ1v) is 8.55. The maximum absolute atomic E-state index is 13.1. The second-order valence-electron chi connectivity index (χ2n) is 5.97. The molecule has 2 rings (SSSR count). The number of nitrogens with one attached hydrogen (secondary N) is 2. The molecule has 0 atom stereocenters. The smallest absolute Gasteiger partial charge is 0.224 e. The van der Waals surface area contributed by atoms with E-state index in [4.69, 9.17) is 0 Å². The van der Waals surface area contributed by atoms with Crippen molar-refractivity contribution in [2.24, 2.45) is 4.99 Å². The van der Waals surface area contributed by atoms with Crippen LogP contribution >= 0.6 is 24.0 Å². The minimum atomic E-state index is -0.331. The summed E-state index contributed by atoms with van der Waals surface area (Å²) in [5.74, 6) is 0.292. The molecule has 0 aliphatic heterocycles. The zero-order valence-corrected chi connectivity index (χ0v) is 17.9. The second-order valence-corrected chi connectivity index (χ2v) is 5.97. The van der Waals surface area contributed by atoms with Crippen molar-refractivity contribution < 1.29 is 9.18 Å². The lowest BCUT2D eigenvalue weighted by molar-refractivity contribution is -0.120. The first kappa shape index (κ1) is 22.9. The lowest BCUT2D eigenvalue weighted by atomic mass is 10.1. The average molecular weight is 484 g/mol. The Balaban J connectivity index is 0.00000364. The van der Waals surface area contributed by atoms with Gasteiger partial charge >= 0.3 is 0 Å². The summed E-state index contributed by atoms with van der Waals surface area (Å²) in [6.45, 7) is 1.76. The van der Waals surface area contributed by atoms with E-state index in [1.807, 2.05) is 30.1 Å². The largest absolute Gasteiger partial charge is 0.354 e. The van der Waals surface area contributed by atoms with Gasteiger partial charge in [-0.05, 0) is 23.3 Å². The van der Waals surface area contributed by atoms with E-state index < -0.39 is 0 Å². The van der Waals surface area contributed by atoms with Crippen LogP contribution in [0.15, 0.2) is 59.6 Å². The molecule has 0 radical (unpaired) electrons. The third kappa shape index (κ3) is 8.38. The number of halogens is 2. The van der Waals surface area contributed by atoms with Crippen molar-refractivity contribution >= 4 is 35.8 Å². The topological polar surface area (TPSA) is 56.7 Å². The van der Waals surface area contributed by atoms with Gasteiger partial charge in [-0.15, -0.1) is 24.0 Å². The van der Waals surface area contributed by atoms with Crippen molar-refractivity contribution in [1.82, 2.24) is 15.5 Å². The third-order valence-corrected chi connectivity index (χ3v) is 3.82. The van der Waals surface area contributed by atoms with Gasteiger partial charge in [-0.2, -0.15) is 0 Å². The van der Waals surface area contributed by atoms with Crippen molar-refractivity contribution in [3.05, 3.63) is 71.5 Å². The van der Waals surface area contributed by atoms with Gasteiger partial charge in [0.05, 0.1) is 6.42 Å². The van der Waals surface area contributed by atoms with Gasteiger partial charge in [-0.25, -0.2) is 4.39 Å². The van der Waals surface area contributed by atoms with Gasteiger partial charge in [-0.3, -0.25) is 9.79 Å². The number of guanidine groups is 1. The van der Waals surface area contributed by atoms with Gasteiger partial charge in [0, 0.05) is 33.7 Å². The summed E-state index contributed by atoms with van der Waals surface area (Å²) in [6, 6.07) is 16.2. The highest BCUT2D eigenvalue weighted by molar-refractivity contribution is 14.0. The molecule has 0 spiro atoms. The van der Waals surface area contributed by atoms with E-state index >= 15 is 0 Å². The number of benzene rings is 2. The molecule has 0 aromatic heterocycles. The molecule has 0 heterocycles. The molecule has 2 N–H and O–H groups in total. The van der Waals surface area contributed by atoms with E-state index in [0.717, 1.165) is 12.5 Å². The number of amides is 1. The van der Waals surface area contributed by atoms with Crippen molar-refractivity contribution in [3.8, 4) is 0 Å². The van der Waals surface area contributed by atoms with Gasteiger partial charge in [0.15, 0.2) is 5.96 Å². The van der Waals surface area contributed by atoms with Crippen molar-refractivity contribution in [3.63, 3.8) is 0 Å². The molecule has 1 amide bonds. The number of rotatable bonds is 7. The van der Waals surface area contributed by atoms with Crippen LogP contribution in [0.4, 0.5) is 4.39 Å². The van der Waals surface area contributed by atoms with E-state index in [-0.39, 0.29) is 42.1 Å². The van der Waals surface area contributed by atoms with Crippen molar-refractivity contribution in [2.45, 2.75) is 13.0 Å². The Morgan fingerprint density at radius 3 is 2.37 bits per heavy atom. The molecule has 5 nitrogen and oxygen atoms in total. The predicted molar refractivity (Wildman–Crippen MR) is 118 cm³/mol. The quantitative estimate of drug-likeness (QED) is 0.275. The van der Waals surface area contributed by atoms with Gasteiger partial charge in [-0.1, -0.05) is 42.5 Å². The summed E-state index contributed by atoms with van der Waals surface area (Å²) in [5.41, 5.74) is 1.86. The number of aliphatic imine (C=N–C) groups is 1. The van der Waals surface area contributed by atoms with Crippen molar-refractivity contribution in [2.75, 3.05) is 27.2 Å². The van der Waals surface area contributed by atoms with E-state index in [2.05, 4.69) is 27.8 Å². The third-order valence-electron chi connectivity index (χ3n) is 3.82. The molecule has 0 unspecified atom stereocenters. The average Bonchev–Trinajstić information content (AvgIpc) is 2.62. The molecular formula is C20H26FIN4O. The maximum Gasteiger partial charge on any atom is 0.224 e. The number of hydrogen-bond donors (Lipinski definition) is 2. The fourth-order valence-electron chi connectivity index (χ4n) is 2.59.